The molecular weight excluding hydrogens is 586 g/mol. The molecule has 32 heavy (non-hydrogen) atoms. The van der Waals surface area contributed by atoms with Gasteiger partial charge in [-0.1, -0.05) is 34.5 Å². The van der Waals surface area contributed by atoms with Crippen molar-refractivity contribution in [2.75, 3.05) is 10.6 Å². The van der Waals surface area contributed by atoms with Crippen LogP contribution in [0.25, 0.3) is 4.96 Å². The van der Waals surface area contributed by atoms with E-state index in [0.29, 0.717) is 27.1 Å². The summed E-state index contributed by atoms with van der Waals surface area (Å²) in [5, 5.41) is 6.10. The molecule has 2 aromatic heterocycles. The zero-order valence-electron chi connectivity index (χ0n) is 16.3. The topological polar surface area (TPSA) is 92.6 Å². The number of halogens is 3. The van der Waals surface area contributed by atoms with Crippen molar-refractivity contribution in [3.63, 3.8) is 0 Å². The van der Waals surface area contributed by atoms with Crippen molar-refractivity contribution < 1.29 is 9.59 Å². The first-order valence-corrected chi connectivity index (χ1v) is 11.7. The fourth-order valence-corrected chi connectivity index (χ4v) is 4.94. The number of nitrogens with one attached hydrogen (secondary N) is 2. The monoisotopic (exact) mass is 598 g/mol. The van der Waals surface area contributed by atoms with E-state index >= 15 is 0 Å². The molecule has 7 nitrogen and oxygen atoms in total. The van der Waals surface area contributed by atoms with Gasteiger partial charge in [0.1, 0.15) is 10.6 Å². The standard InChI is InChI=1S/C21H13Cl2IN4O3S/c1-10-6-16(29)28-17(19(30)26-14-4-2-13(24)3-5-14)18(32-21(28)25-10)20(31)27-15-8-11(22)7-12(23)9-15/h2-9H,1H3,(H,26,30)(H,27,31). The highest BCUT2D eigenvalue weighted by Gasteiger charge is 2.26. The van der Waals surface area contributed by atoms with Crippen molar-refractivity contribution in [2.24, 2.45) is 0 Å². The lowest BCUT2D eigenvalue weighted by atomic mass is 10.2. The van der Waals surface area contributed by atoms with Crippen molar-refractivity contribution in [1.82, 2.24) is 9.38 Å². The smallest absolute Gasteiger partial charge is 0.274 e. The van der Waals surface area contributed by atoms with Gasteiger partial charge in [0.05, 0.1) is 0 Å². The molecule has 0 saturated carbocycles. The van der Waals surface area contributed by atoms with E-state index in [0.717, 1.165) is 19.3 Å². The Morgan fingerprint density at radius 1 is 0.969 bits per heavy atom. The summed E-state index contributed by atoms with van der Waals surface area (Å²) >= 11 is 15.1. The van der Waals surface area contributed by atoms with E-state index < -0.39 is 17.4 Å². The first-order valence-electron chi connectivity index (χ1n) is 9.09. The molecule has 0 fully saturated rings. The average molecular weight is 599 g/mol. The fraction of sp³-hybridized carbons (Fsp3) is 0.0476. The largest absolute Gasteiger partial charge is 0.321 e. The predicted molar refractivity (Wildman–Crippen MR) is 136 cm³/mol. The Balaban J connectivity index is 1.79. The summed E-state index contributed by atoms with van der Waals surface area (Å²) in [4.78, 5) is 43.6. The zero-order valence-corrected chi connectivity index (χ0v) is 20.8. The third-order valence-corrected chi connectivity index (χ3v) is 6.49. The van der Waals surface area contributed by atoms with Gasteiger partial charge in [-0.2, -0.15) is 0 Å². The number of aromatic nitrogens is 2. The van der Waals surface area contributed by atoms with E-state index in [2.05, 4.69) is 38.2 Å². The Morgan fingerprint density at radius 2 is 1.59 bits per heavy atom. The van der Waals surface area contributed by atoms with Crippen LogP contribution in [0.3, 0.4) is 0 Å². The minimum Gasteiger partial charge on any atom is -0.321 e. The molecule has 0 unspecified atom stereocenters. The molecule has 4 rings (SSSR count). The highest BCUT2D eigenvalue weighted by molar-refractivity contribution is 14.1. The molecule has 0 bridgehead atoms. The lowest BCUT2D eigenvalue weighted by molar-refractivity contribution is 0.0989. The van der Waals surface area contributed by atoms with Gasteiger partial charge >= 0.3 is 0 Å². The van der Waals surface area contributed by atoms with Gasteiger partial charge in [0.25, 0.3) is 17.4 Å². The van der Waals surface area contributed by atoms with Gasteiger partial charge in [-0.15, -0.1) is 0 Å². The average Bonchev–Trinajstić information content (AvgIpc) is 3.09. The molecule has 162 valence electrons. The summed E-state index contributed by atoms with van der Waals surface area (Å²) < 4.78 is 2.14. The normalized spacial score (nSPS) is 10.9. The Hall–Kier alpha value is -2.47. The van der Waals surface area contributed by atoms with Gasteiger partial charge < -0.3 is 10.6 Å². The minimum atomic E-state index is -0.612. The predicted octanol–water partition coefficient (Wildman–Crippen LogP) is 5.48. The highest BCUT2D eigenvalue weighted by Crippen LogP contribution is 2.26. The number of hydrogen-bond donors (Lipinski definition) is 2. The van der Waals surface area contributed by atoms with E-state index in [1.807, 2.05) is 12.1 Å². The van der Waals surface area contributed by atoms with Crippen molar-refractivity contribution in [3.05, 3.63) is 88.8 Å². The van der Waals surface area contributed by atoms with Crippen LogP contribution >= 0.6 is 57.1 Å². The summed E-state index contributed by atoms with van der Waals surface area (Å²) in [6.45, 7) is 1.67. The molecule has 0 spiro atoms. The summed E-state index contributed by atoms with van der Waals surface area (Å²) in [5.41, 5.74) is 0.795. The van der Waals surface area contributed by atoms with Crippen LogP contribution < -0.4 is 16.2 Å². The Kier molecular flexibility index (Phi) is 6.52. The number of benzene rings is 2. The molecule has 0 atom stereocenters. The molecule has 0 aliphatic heterocycles. The number of thiazole rings is 1. The second-order valence-electron chi connectivity index (χ2n) is 6.71. The van der Waals surface area contributed by atoms with Crippen LogP contribution in [-0.2, 0) is 0 Å². The third-order valence-electron chi connectivity index (χ3n) is 4.29. The van der Waals surface area contributed by atoms with Crippen molar-refractivity contribution in [3.8, 4) is 0 Å². The molecule has 0 radical (unpaired) electrons. The summed E-state index contributed by atoms with van der Waals surface area (Å²) in [7, 11) is 0. The number of anilines is 2. The van der Waals surface area contributed by atoms with E-state index in [-0.39, 0.29) is 15.5 Å². The van der Waals surface area contributed by atoms with Gasteiger partial charge in [0.2, 0.25) is 0 Å². The maximum atomic E-state index is 13.2. The van der Waals surface area contributed by atoms with Gasteiger partial charge in [-0.25, -0.2) is 9.38 Å². The van der Waals surface area contributed by atoms with E-state index in [1.165, 1.54) is 24.3 Å². The molecule has 2 heterocycles. The van der Waals surface area contributed by atoms with Crippen LogP contribution in [0.1, 0.15) is 25.9 Å². The molecule has 0 saturated heterocycles. The molecule has 2 amide bonds. The number of nitrogens with zero attached hydrogens (tertiary/aromatic N) is 2. The quantitative estimate of drug-likeness (QED) is 0.304. The van der Waals surface area contributed by atoms with Gasteiger partial charge in [-0.3, -0.25) is 14.4 Å². The number of hydrogen-bond acceptors (Lipinski definition) is 5. The first-order chi connectivity index (χ1) is 15.2. The second kappa shape index (κ2) is 9.18. The lowest BCUT2D eigenvalue weighted by Crippen LogP contribution is -2.25. The third kappa shape index (κ3) is 4.80. The maximum absolute atomic E-state index is 13.2. The number of amides is 2. The van der Waals surface area contributed by atoms with Gasteiger partial charge in [0, 0.05) is 36.8 Å². The Morgan fingerprint density at radius 3 is 2.25 bits per heavy atom. The molecule has 4 aromatic rings. The summed E-state index contributed by atoms with van der Waals surface area (Å²) in [6.07, 6.45) is 0. The second-order valence-corrected chi connectivity index (χ2v) is 9.80. The molecule has 0 aliphatic rings. The summed E-state index contributed by atoms with van der Waals surface area (Å²) in [5.74, 6) is -1.21. The molecule has 2 aromatic carbocycles. The van der Waals surface area contributed by atoms with Crippen molar-refractivity contribution >= 4 is 85.3 Å². The SMILES string of the molecule is Cc1cc(=O)n2c(C(=O)Nc3ccc(I)cc3)c(C(=O)Nc3cc(Cl)cc(Cl)c3)sc2n1. The number of carbonyl (C=O) groups is 2. The first kappa shape index (κ1) is 22.7. The number of carbonyl (C=O) groups excluding carboxylic acids is 2. The molecule has 11 heteroatoms. The van der Waals surface area contributed by atoms with Crippen LogP contribution in [0.4, 0.5) is 11.4 Å². The Bertz CT molecular complexity index is 1410. The molecule has 0 aliphatic carbocycles. The number of aryl methyl sites for hydroxylation is 1. The van der Waals surface area contributed by atoms with Crippen LogP contribution in [0.5, 0.6) is 0 Å². The van der Waals surface area contributed by atoms with Crippen molar-refractivity contribution in [1.29, 1.82) is 0 Å². The van der Waals surface area contributed by atoms with E-state index in [4.69, 9.17) is 23.2 Å². The molecule has 2 N–H and O–H groups in total. The van der Waals surface area contributed by atoms with Crippen LogP contribution in [0.15, 0.2) is 53.3 Å². The van der Waals surface area contributed by atoms with Crippen LogP contribution in [-0.4, -0.2) is 21.2 Å². The minimum absolute atomic E-state index is 0.0271. The fourth-order valence-electron chi connectivity index (χ4n) is 2.98. The van der Waals surface area contributed by atoms with Crippen LogP contribution in [0, 0.1) is 10.5 Å². The van der Waals surface area contributed by atoms with E-state index in [1.54, 1.807) is 19.1 Å². The number of rotatable bonds is 4. The lowest BCUT2D eigenvalue weighted by Gasteiger charge is -2.09. The zero-order chi connectivity index (χ0) is 23.0. The Labute approximate surface area is 209 Å². The highest BCUT2D eigenvalue weighted by atomic mass is 127. The summed E-state index contributed by atoms with van der Waals surface area (Å²) in [6, 6.07) is 13.0. The molecular formula is C21H13Cl2IN4O3S. The van der Waals surface area contributed by atoms with Gasteiger partial charge in [0.15, 0.2) is 4.96 Å². The van der Waals surface area contributed by atoms with Crippen molar-refractivity contribution in [2.45, 2.75) is 6.92 Å². The van der Waals surface area contributed by atoms with Crippen LogP contribution in [0.2, 0.25) is 10.0 Å². The van der Waals surface area contributed by atoms with Gasteiger partial charge in [-0.05, 0) is 72.0 Å². The maximum Gasteiger partial charge on any atom is 0.274 e. The number of fused-ring (bicyclic) bond motifs is 1. The van der Waals surface area contributed by atoms with E-state index in [9.17, 15) is 14.4 Å².